The topological polar surface area (TPSA) is 46.2 Å². The summed E-state index contributed by atoms with van der Waals surface area (Å²) in [6.45, 7) is 1.98. The highest BCUT2D eigenvalue weighted by atomic mass is 32.2. The molecule has 0 saturated heterocycles. The number of hydrogen-bond donors (Lipinski definition) is 2. The standard InChI is InChI=1S/C15H17NOS/c1-11(16)13-5-7-15(8-6-13)18-10-12-3-2-4-14(17)9-12/h2-9,11,17H,10,16H2,1H3. The summed E-state index contributed by atoms with van der Waals surface area (Å²) in [6, 6.07) is 15.8. The fraction of sp³-hybridized carbons (Fsp3) is 0.200. The van der Waals surface area contributed by atoms with Gasteiger partial charge in [-0.05, 0) is 42.3 Å². The Morgan fingerprint density at radius 2 is 1.89 bits per heavy atom. The maximum atomic E-state index is 9.38. The van der Waals surface area contributed by atoms with Gasteiger partial charge in [-0.1, -0.05) is 24.3 Å². The average Bonchev–Trinajstić information content (AvgIpc) is 2.37. The molecule has 0 fully saturated rings. The molecule has 0 aliphatic carbocycles. The van der Waals surface area contributed by atoms with Crippen molar-refractivity contribution in [2.75, 3.05) is 0 Å². The van der Waals surface area contributed by atoms with Crippen LogP contribution in [0.25, 0.3) is 0 Å². The molecule has 94 valence electrons. The molecular formula is C15H17NOS. The van der Waals surface area contributed by atoms with Crippen molar-refractivity contribution in [2.24, 2.45) is 5.73 Å². The fourth-order valence-electron chi connectivity index (χ4n) is 1.68. The minimum atomic E-state index is 0.0788. The molecule has 0 spiro atoms. The molecule has 2 rings (SSSR count). The normalized spacial score (nSPS) is 12.3. The van der Waals surface area contributed by atoms with Gasteiger partial charge in [-0.25, -0.2) is 0 Å². The molecule has 0 heterocycles. The van der Waals surface area contributed by atoms with Gasteiger partial charge in [0.1, 0.15) is 5.75 Å². The van der Waals surface area contributed by atoms with Crippen molar-refractivity contribution in [2.45, 2.75) is 23.6 Å². The second-order valence-corrected chi connectivity index (χ2v) is 5.37. The van der Waals surface area contributed by atoms with E-state index in [4.69, 9.17) is 5.73 Å². The van der Waals surface area contributed by atoms with Crippen LogP contribution in [0.4, 0.5) is 0 Å². The van der Waals surface area contributed by atoms with Crippen molar-refractivity contribution in [1.82, 2.24) is 0 Å². The molecule has 0 aromatic heterocycles. The third-order valence-corrected chi connectivity index (χ3v) is 3.81. The Balaban J connectivity index is 1.98. The Kier molecular flexibility index (Phi) is 4.28. The summed E-state index contributed by atoms with van der Waals surface area (Å²) in [4.78, 5) is 1.21. The van der Waals surface area contributed by atoms with Gasteiger partial charge in [0.15, 0.2) is 0 Å². The van der Waals surface area contributed by atoms with Gasteiger partial charge in [0.2, 0.25) is 0 Å². The number of aromatic hydroxyl groups is 1. The molecule has 3 N–H and O–H groups in total. The van der Waals surface area contributed by atoms with Crippen LogP contribution in [0, 0.1) is 0 Å². The number of benzene rings is 2. The van der Waals surface area contributed by atoms with E-state index in [1.807, 2.05) is 19.1 Å². The highest BCUT2D eigenvalue weighted by molar-refractivity contribution is 7.98. The predicted molar refractivity (Wildman–Crippen MR) is 76.7 cm³/mol. The predicted octanol–water partition coefficient (Wildman–Crippen LogP) is 3.70. The molecule has 0 aliphatic rings. The van der Waals surface area contributed by atoms with Crippen LogP contribution < -0.4 is 5.73 Å². The van der Waals surface area contributed by atoms with Crippen LogP contribution in [0.15, 0.2) is 53.4 Å². The lowest BCUT2D eigenvalue weighted by atomic mass is 10.1. The maximum absolute atomic E-state index is 9.38. The highest BCUT2D eigenvalue weighted by Gasteiger charge is 2.00. The molecule has 18 heavy (non-hydrogen) atoms. The molecule has 0 saturated carbocycles. The Bertz CT molecular complexity index is 508. The molecule has 2 nitrogen and oxygen atoms in total. The van der Waals surface area contributed by atoms with Crippen molar-refractivity contribution >= 4 is 11.8 Å². The fourth-order valence-corrected chi connectivity index (χ4v) is 2.52. The molecule has 2 aromatic carbocycles. The van der Waals surface area contributed by atoms with Gasteiger partial charge < -0.3 is 10.8 Å². The molecule has 0 aliphatic heterocycles. The number of nitrogens with two attached hydrogens (primary N) is 1. The van der Waals surface area contributed by atoms with E-state index in [0.717, 1.165) is 16.9 Å². The lowest BCUT2D eigenvalue weighted by molar-refractivity contribution is 0.475. The summed E-state index contributed by atoms with van der Waals surface area (Å²) in [5.41, 5.74) is 8.08. The average molecular weight is 259 g/mol. The first kappa shape index (κ1) is 13.0. The van der Waals surface area contributed by atoms with Crippen LogP contribution in [0.2, 0.25) is 0 Å². The smallest absolute Gasteiger partial charge is 0.115 e. The van der Waals surface area contributed by atoms with Gasteiger partial charge in [-0.2, -0.15) is 0 Å². The Morgan fingerprint density at radius 3 is 2.50 bits per heavy atom. The number of hydrogen-bond acceptors (Lipinski definition) is 3. The second kappa shape index (κ2) is 5.94. The quantitative estimate of drug-likeness (QED) is 0.823. The zero-order valence-corrected chi connectivity index (χ0v) is 11.2. The molecule has 0 radical (unpaired) electrons. The SMILES string of the molecule is CC(N)c1ccc(SCc2cccc(O)c2)cc1. The van der Waals surface area contributed by atoms with Crippen molar-refractivity contribution < 1.29 is 5.11 Å². The summed E-state index contributed by atoms with van der Waals surface area (Å²) in [5.74, 6) is 1.17. The van der Waals surface area contributed by atoms with Crippen molar-refractivity contribution in [3.63, 3.8) is 0 Å². The Labute approximate surface area is 112 Å². The first-order valence-corrected chi connectivity index (χ1v) is 6.90. The van der Waals surface area contributed by atoms with Crippen LogP contribution in [0.1, 0.15) is 24.1 Å². The number of phenols is 1. The summed E-state index contributed by atoms with van der Waals surface area (Å²) in [6.07, 6.45) is 0. The van der Waals surface area contributed by atoms with Gasteiger partial charge in [-0.15, -0.1) is 11.8 Å². The largest absolute Gasteiger partial charge is 0.508 e. The Morgan fingerprint density at radius 1 is 1.17 bits per heavy atom. The minimum Gasteiger partial charge on any atom is -0.508 e. The van der Waals surface area contributed by atoms with E-state index in [-0.39, 0.29) is 6.04 Å². The molecule has 1 atom stereocenters. The molecular weight excluding hydrogens is 242 g/mol. The van der Waals surface area contributed by atoms with E-state index < -0.39 is 0 Å². The van der Waals surface area contributed by atoms with Crippen LogP contribution in [0.3, 0.4) is 0 Å². The zero-order chi connectivity index (χ0) is 13.0. The summed E-state index contributed by atoms with van der Waals surface area (Å²) in [5, 5.41) is 9.38. The lowest BCUT2D eigenvalue weighted by Gasteiger charge is -2.07. The minimum absolute atomic E-state index is 0.0788. The van der Waals surface area contributed by atoms with Gasteiger partial charge in [-0.3, -0.25) is 0 Å². The van der Waals surface area contributed by atoms with E-state index in [0.29, 0.717) is 5.75 Å². The number of phenolic OH excluding ortho intramolecular Hbond substituents is 1. The first-order chi connectivity index (χ1) is 8.65. The van der Waals surface area contributed by atoms with E-state index >= 15 is 0 Å². The lowest BCUT2D eigenvalue weighted by Crippen LogP contribution is -2.04. The van der Waals surface area contributed by atoms with Gasteiger partial charge >= 0.3 is 0 Å². The number of thioether (sulfide) groups is 1. The van der Waals surface area contributed by atoms with Crippen molar-refractivity contribution in [3.05, 3.63) is 59.7 Å². The summed E-state index contributed by atoms with van der Waals surface area (Å²) < 4.78 is 0. The summed E-state index contributed by atoms with van der Waals surface area (Å²) in [7, 11) is 0. The third-order valence-electron chi connectivity index (χ3n) is 2.72. The van der Waals surface area contributed by atoms with Crippen LogP contribution in [0.5, 0.6) is 5.75 Å². The van der Waals surface area contributed by atoms with Gasteiger partial charge in [0, 0.05) is 16.7 Å². The van der Waals surface area contributed by atoms with E-state index in [9.17, 15) is 5.11 Å². The highest BCUT2D eigenvalue weighted by Crippen LogP contribution is 2.25. The van der Waals surface area contributed by atoms with Gasteiger partial charge in [0.25, 0.3) is 0 Å². The molecule has 0 bridgehead atoms. The van der Waals surface area contributed by atoms with Crippen LogP contribution in [-0.2, 0) is 5.75 Å². The molecule has 3 heteroatoms. The van der Waals surface area contributed by atoms with Gasteiger partial charge in [0.05, 0.1) is 0 Å². The van der Waals surface area contributed by atoms with Crippen molar-refractivity contribution in [3.8, 4) is 5.75 Å². The van der Waals surface area contributed by atoms with E-state index in [1.165, 1.54) is 4.90 Å². The maximum Gasteiger partial charge on any atom is 0.115 e. The summed E-state index contributed by atoms with van der Waals surface area (Å²) >= 11 is 1.75. The first-order valence-electron chi connectivity index (χ1n) is 5.91. The Hall–Kier alpha value is -1.45. The van der Waals surface area contributed by atoms with Crippen LogP contribution in [-0.4, -0.2) is 5.11 Å². The molecule has 2 aromatic rings. The molecule has 0 amide bonds. The molecule has 1 unspecified atom stereocenters. The van der Waals surface area contributed by atoms with Crippen molar-refractivity contribution in [1.29, 1.82) is 0 Å². The van der Waals surface area contributed by atoms with E-state index in [2.05, 4.69) is 24.3 Å². The third kappa shape index (κ3) is 3.52. The monoisotopic (exact) mass is 259 g/mol. The second-order valence-electron chi connectivity index (χ2n) is 4.32. The zero-order valence-electron chi connectivity index (χ0n) is 10.3. The van der Waals surface area contributed by atoms with E-state index in [1.54, 1.807) is 23.9 Å². The number of rotatable bonds is 4. The van der Waals surface area contributed by atoms with Crippen LogP contribution >= 0.6 is 11.8 Å².